The average Bonchev–Trinajstić information content (AvgIpc) is 3.92. The van der Waals surface area contributed by atoms with Crippen LogP contribution in [-0.2, 0) is 0 Å². The number of nitrogens with zero attached hydrogens (tertiary/aromatic N) is 6. The van der Waals surface area contributed by atoms with Gasteiger partial charge in [0.15, 0.2) is 11.6 Å². The van der Waals surface area contributed by atoms with Crippen molar-refractivity contribution in [1.29, 1.82) is 0 Å². The van der Waals surface area contributed by atoms with Crippen molar-refractivity contribution < 1.29 is 0 Å². The van der Waals surface area contributed by atoms with E-state index in [1.165, 1.54) is 38.1 Å². The second kappa shape index (κ2) is 15.8. The third-order valence-corrected chi connectivity index (χ3v) is 12.9. The molecule has 13 rings (SSSR count). The lowest BCUT2D eigenvalue weighted by Crippen LogP contribution is -2.15. The first-order valence-corrected chi connectivity index (χ1v) is 22.6. The molecule has 0 radical (unpaired) electrons. The number of anilines is 3. The molecular weight excluding hydrogens is 817 g/mol. The standard InChI is InChI=1S/C61H40N6/c1-4-18-42(19-5-1)59-62-60(43-20-6-2-7-21-43)64-61(63-59)65(49-33-31-41-17-10-11-22-44(41)39-49)47-34-36-48(37-35-47)67-54-28-14-12-25-51(54)52-38-32-45(40-57(52)67)50-27-16-30-56-58(50)53-26-13-15-29-55(53)66(56)46-23-8-3-9-24-46/h1-40H. The first kappa shape index (κ1) is 38.3. The van der Waals surface area contributed by atoms with Crippen LogP contribution in [0.5, 0.6) is 0 Å². The van der Waals surface area contributed by atoms with Crippen molar-refractivity contribution in [2.24, 2.45) is 0 Å². The van der Waals surface area contributed by atoms with Gasteiger partial charge < -0.3 is 9.13 Å². The maximum absolute atomic E-state index is 5.21. The van der Waals surface area contributed by atoms with Crippen molar-refractivity contribution >= 4 is 71.7 Å². The van der Waals surface area contributed by atoms with Crippen molar-refractivity contribution in [3.63, 3.8) is 0 Å². The summed E-state index contributed by atoms with van der Waals surface area (Å²) in [5, 5.41) is 7.17. The summed E-state index contributed by atoms with van der Waals surface area (Å²) in [6.45, 7) is 0. The zero-order valence-electron chi connectivity index (χ0n) is 36.3. The number of aromatic nitrogens is 5. The maximum atomic E-state index is 5.21. The molecule has 0 saturated carbocycles. The molecule has 3 heterocycles. The second-order valence-corrected chi connectivity index (χ2v) is 16.9. The summed E-state index contributed by atoms with van der Waals surface area (Å²) in [7, 11) is 0. The fourth-order valence-electron chi connectivity index (χ4n) is 9.88. The van der Waals surface area contributed by atoms with E-state index in [1.54, 1.807) is 0 Å². The van der Waals surface area contributed by atoms with Gasteiger partial charge in [0.2, 0.25) is 5.95 Å². The molecule has 0 bridgehead atoms. The minimum atomic E-state index is 0.528. The van der Waals surface area contributed by atoms with Gasteiger partial charge in [0.05, 0.1) is 22.1 Å². The minimum Gasteiger partial charge on any atom is -0.309 e. The van der Waals surface area contributed by atoms with Crippen molar-refractivity contribution in [3.8, 4) is 45.3 Å². The van der Waals surface area contributed by atoms with E-state index in [2.05, 4.69) is 196 Å². The van der Waals surface area contributed by atoms with Crippen LogP contribution in [0.4, 0.5) is 17.3 Å². The zero-order chi connectivity index (χ0) is 44.3. The number of benzene rings is 10. The van der Waals surface area contributed by atoms with E-state index in [0.717, 1.165) is 61.2 Å². The first-order chi connectivity index (χ1) is 33.2. The summed E-state index contributed by atoms with van der Waals surface area (Å²) in [5.74, 6) is 1.74. The molecule has 13 aromatic rings. The molecule has 0 N–H and O–H groups in total. The Kier molecular flexibility index (Phi) is 9.06. The highest BCUT2D eigenvalue weighted by molar-refractivity contribution is 6.17. The van der Waals surface area contributed by atoms with Crippen molar-refractivity contribution in [1.82, 2.24) is 24.1 Å². The Labute approximate surface area is 386 Å². The van der Waals surface area contributed by atoms with Crippen molar-refractivity contribution in [3.05, 3.63) is 243 Å². The van der Waals surface area contributed by atoms with Gasteiger partial charge in [0.1, 0.15) is 0 Å². The van der Waals surface area contributed by atoms with Gasteiger partial charge in [-0.25, -0.2) is 4.98 Å². The van der Waals surface area contributed by atoms with Crippen molar-refractivity contribution in [2.75, 3.05) is 4.90 Å². The molecule has 0 aliphatic carbocycles. The van der Waals surface area contributed by atoms with E-state index in [9.17, 15) is 0 Å². The van der Waals surface area contributed by atoms with Crippen molar-refractivity contribution in [2.45, 2.75) is 0 Å². The number of para-hydroxylation sites is 3. The molecule has 0 fully saturated rings. The molecule has 3 aromatic heterocycles. The maximum Gasteiger partial charge on any atom is 0.238 e. The van der Waals surface area contributed by atoms with Crippen LogP contribution in [0.1, 0.15) is 0 Å². The lowest BCUT2D eigenvalue weighted by Gasteiger charge is -2.25. The van der Waals surface area contributed by atoms with E-state index < -0.39 is 0 Å². The van der Waals surface area contributed by atoms with Crippen LogP contribution in [-0.4, -0.2) is 24.1 Å². The summed E-state index contributed by atoms with van der Waals surface area (Å²) in [6.07, 6.45) is 0. The highest BCUT2D eigenvalue weighted by atomic mass is 15.3. The Morgan fingerprint density at radius 2 is 0.851 bits per heavy atom. The number of hydrogen-bond acceptors (Lipinski definition) is 4. The fraction of sp³-hybridized carbons (Fsp3) is 0. The van der Waals surface area contributed by atoms with E-state index in [0.29, 0.717) is 17.6 Å². The molecule has 314 valence electrons. The first-order valence-electron chi connectivity index (χ1n) is 22.6. The van der Waals surface area contributed by atoms with Gasteiger partial charge in [-0.15, -0.1) is 0 Å². The quantitative estimate of drug-likeness (QED) is 0.153. The highest BCUT2D eigenvalue weighted by Gasteiger charge is 2.22. The van der Waals surface area contributed by atoms with E-state index in [1.807, 2.05) is 60.7 Å². The molecule has 10 aromatic carbocycles. The molecule has 0 aliphatic rings. The molecule has 6 heteroatoms. The predicted molar refractivity (Wildman–Crippen MR) is 277 cm³/mol. The van der Waals surface area contributed by atoms with Crippen LogP contribution in [0, 0.1) is 0 Å². The normalized spacial score (nSPS) is 11.6. The highest BCUT2D eigenvalue weighted by Crippen LogP contribution is 2.42. The smallest absolute Gasteiger partial charge is 0.238 e. The van der Waals surface area contributed by atoms with Gasteiger partial charge in [0.25, 0.3) is 0 Å². The summed E-state index contributed by atoms with van der Waals surface area (Å²) in [4.78, 5) is 17.6. The average molecular weight is 857 g/mol. The third kappa shape index (κ3) is 6.53. The second-order valence-electron chi connectivity index (χ2n) is 16.9. The van der Waals surface area contributed by atoms with Crippen LogP contribution < -0.4 is 4.90 Å². The van der Waals surface area contributed by atoms with Crippen LogP contribution in [0.2, 0.25) is 0 Å². The molecular formula is C61H40N6. The molecule has 0 atom stereocenters. The lowest BCUT2D eigenvalue weighted by molar-refractivity contribution is 1.02. The van der Waals surface area contributed by atoms with E-state index in [4.69, 9.17) is 15.0 Å². The van der Waals surface area contributed by atoms with Gasteiger partial charge >= 0.3 is 0 Å². The largest absolute Gasteiger partial charge is 0.309 e. The van der Waals surface area contributed by atoms with Crippen LogP contribution in [0.15, 0.2) is 243 Å². The third-order valence-electron chi connectivity index (χ3n) is 12.9. The minimum absolute atomic E-state index is 0.528. The Balaban J connectivity index is 0.985. The summed E-state index contributed by atoms with van der Waals surface area (Å²) >= 11 is 0. The van der Waals surface area contributed by atoms with Gasteiger partial charge in [-0.05, 0) is 94.7 Å². The van der Waals surface area contributed by atoms with Gasteiger partial charge in [-0.1, -0.05) is 170 Å². The molecule has 0 amide bonds. The topological polar surface area (TPSA) is 51.8 Å². The number of rotatable bonds is 8. The Bertz CT molecular complexity index is 3910. The predicted octanol–water partition coefficient (Wildman–Crippen LogP) is 15.7. The van der Waals surface area contributed by atoms with E-state index in [-0.39, 0.29) is 0 Å². The van der Waals surface area contributed by atoms with Crippen LogP contribution in [0.3, 0.4) is 0 Å². The molecule has 67 heavy (non-hydrogen) atoms. The van der Waals surface area contributed by atoms with Gasteiger partial charge in [-0.3, -0.25) is 4.90 Å². The summed E-state index contributed by atoms with van der Waals surface area (Å²) < 4.78 is 4.78. The summed E-state index contributed by atoms with van der Waals surface area (Å²) in [6, 6.07) is 85.8. The fourth-order valence-corrected chi connectivity index (χ4v) is 9.88. The molecule has 6 nitrogen and oxygen atoms in total. The molecule has 0 saturated heterocycles. The Hall–Kier alpha value is -9.13. The molecule has 0 aliphatic heterocycles. The van der Waals surface area contributed by atoms with Gasteiger partial charge in [0, 0.05) is 55.4 Å². The van der Waals surface area contributed by atoms with Gasteiger partial charge in [-0.2, -0.15) is 9.97 Å². The number of hydrogen-bond donors (Lipinski definition) is 0. The zero-order valence-corrected chi connectivity index (χ0v) is 36.3. The summed E-state index contributed by atoms with van der Waals surface area (Å²) in [5.41, 5.74) is 12.9. The Morgan fingerprint density at radius 3 is 1.57 bits per heavy atom. The van der Waals surface area contributed by atoms with Crippen LogP contribution in [0.25, 0.3) is 99.7 Å². The lowest BCUT2D eigenvalue weighted by atomic mass is 9.98. The molecule has 0 unspecified atom stereocenters. The molecule has 0 spiro atoms. The Morgan fingerprint density at radius 1 is 0.313 bits per heavy atom. The monoisotopic (exact) mass is 856 g/mol. The van der Waals surface area contributed by atoms with E-state index >= 15 is 0 Å². The SMILES string of the molecule is c1ccc(-c2nc(-c3ccccc3)nc(N(c3ccc(-n4c5ccccc5c5ccc(-c6cccc7c6c6ccccc6n7-c6ccccc6)cc54)cc3)c3ccc4ccccc4c3)n2)cc1. The van der Waals surface area contributed by atoms with Crippen LogP contribution >= 0.6 is 0 Å². The number of fused-ring (bicyclic) bond motifs is 7.